The van der Waals surface area contributed by atoms with E-state index < -0.39 is 0 Å². The first kappa shape index (κ1) is 12.6. The van der Waals surface area contributed by atoms with Gasteiger partial charge in [0.2, 0.25) is 0 Å². The van der Waals surface area contributed by atoms with E-state index in [4.69, 9.17) is 4.74 Å². The van der Waals surface area contributed by atoms with Crippen molar-refractivity contribution in [3.63, 3.8) is 0 Å². The number of carbonyl (C=O) groups is 1. The average Bonchev–Trinajstić information content (AvgIpc) is 2.00. The van der Waals surface area contributed by atoms with Crippen LogP contribution >= 0.6 is 0 Å². The monoisotopic (exact) mass is 186 g/mol. The van der Waals surface area contributed by atoms with Crippen LogP contribution in [0.1, 0.15) is 47.0 Å². The zero-order chi connectivity index (χ0) is 10.3. The van der Waals surface area contributed by atoms with E-state index in [0.717, 1.165) is 12.8 Å². The van der Waals surface area contributed by atoms with Crippen molar-refractivity contribution in [3.05, 3.63) is 0 Å². The molecule has 2 nitrogen and oxygen atoms in total. The highest BCUT2D eigenvalue weighted by molar-refractivity contribution is 5.79. The van der Waals surface area contributed by atoms with Crippen LogP contribution in [0.15, 0.2) is 0 Å². The lowest BCUT2D eigenvalue weighted by atomic mass is 10.1. The van der Waals surface area contributed by atoms with Gasteiger partial charge in [-0.05, 0) is 26.2 Å². The van der Waals surface area contributed by atoms with Gasteiger partial charge in [-0.1, -0.05) is 20.3 Å². The highest BCUT2D eigenvalue weighted by atomic mass is 16.5. The number of carbonyl (C=O) groups excluding carboxylic acids is 1. The molecule has 0 amide bonds. The number of hydrogen-bond donors (Lipinski definition) is 0. The molecular formula is C11H22O2. The molecule has 0 saturated carbocycles. The van der Waals surface area contributed by atoms with Crippen LogP contribution in [0, 0.1) is 5.92 Å². The minimum atomic E-state index is 0.161. The Labute approximate surface area is 81.7 Å². The van der Waals surface area contributed by atoms with Crippen LogP contribution in [-0.2, 0) is 9.53 Å². The minimum absolute atomic E-state index is 0.161. The van der Waals surface area contributed by atoms with E-state index in [1.165, 1.54) is 0 Å². The molecule has 0 unspecified atom stereocenters. The summed E-state index contributed by atoms with van der Waals surface area (Å²) in [6.45, 7) is 8.53. The molecule has 0 heterocycles. The second-order valence-corrected chi connectivity index (χ2v) is 4.18. The van der Waals surface area contributed by atoms with Crippen molar-refractivity contribution in [1.29, 1.82) is 0 Å². The van der Waals surface area contributed by atoms with Crippen molar-refractivity contribution in [2.75, 3.05) is 6.61 Å². The summed E-state index contributed by atoms with van der Waals surface area (Å²) >= 11 is 0. The summed E-state index contributed by atoms with van der Waals surface area (Å²) in [5.74, 6) is 0.924. The van der Waals surface area contributed by atoms with Crippen molar-refractivity contribution >= 4 is 5.78 Å². The van der Waals surface area contributed by atoms with Gasteiger partial charge in [0, 0.05) is 6.42 Å². The quantitative estimate of drug-likeness (QED) is 0.611. The van der Waals surface area contributed by atoms with Crippen molar-refractivity contribution < 1.29 is 9.53 Å². The summed E-state index contributed by atoms with van der Waals surface area (Å²) < 4.78 is 5.21. The number of Topliss-reactive ketones (excluding diaryl/α,β-unsaturated/α-hetero) is 1. The fourth-order valence-electron chi connectivity index (χ4n) is 1.04. The Kier molecular flexibility index (Phi) is 6.87. The Hall–Kier alpha value is -0.370. The molecule has 0 saturated heterocycles. The van der Waals surface area contributed by atoms with Crippen molar-refractivity contribution in [1.82, 2.24) is 0 Å². The maximum atomic E-state index is 11.2. The largest absolute Gasteiger partial charge is 0.371 e. The molecule has 0 rings (SSSR count). The number of rotatable bonds is 7. The highest BCUT2D eigenvalue weighted by Gasteiger charge is 2.04. The number of ether oxygens (including phenoxy) is 1. The van der Waals surface area contributed by atoms with Crippen LogP contribution < -0.4 is 0 Å². The van der Waals surface area contributed by atoms with Crippen LogP contribution in [0.3, 0.4) is 0 Å². The molecule has 0 aromatic rings. The van der Waals surface area contributed by atoms with Crippen LogP contribution in [-0.4, -0.2) is 18.5 Å². The van der Waals surface area contributed by atoms with Crippen molar-refractivity contribution in [2.45, 2.75) is 53.1 Å². The third-order valence-electron chi connectivity index (χ3n) is 1.81. The van der Waals surface area contributed by atoms with Gasteiger partial charge >= 0.3 is 0 Å². The van der Waals surface area contributed by atoms with E-state index in [9.17, 15) is 4.79 Å². The number of hydrogen-bond acceptors (Lipinski definition) is 2. The maximum absolute atomic E-state index is 11.2. The van der Waals surface area contributed by atoms with Gasteiger partial charge in [0.1, 0.15) is 6.61 Å². The van der Waals surface area contributed by atoms with Gasteiger partial charge in [-0.3, -0.25) is 4.79 Å². The molecule has 13 heavy (non-hydrogen) atoms. The summed E-state index contributed by atoms with van der Waals surface area (Å²) in [5, 5.41) is 0. The lowest BCUT2D eigenvalue weighted by Crippen LogP contribution is -2.13. The third kappa shape index (κ3) is 9.54. The summed E-state index contributed by atoms with van der Waals surface area (Å²) in [6, 6.07) is 0. The number of ketones is 1. The Morgan fingerprint density at radius 2 is 1.85 bits per heavy atom. The zero-order valence-electron chi connectivity index (χ0n) is 9.30. The zero-order valence-corrected chi connectivity index (χ0v) is 9.30. The van der Waals surface area contributed by atoms with E-state index in [0.29, 0.717) is 12.3 Å². The van der Waals surface area contributed by atoms with Gasteiger partial charge in [0.15, 0.2) is 5.78 Å². The Bertz CT molecular complexity index is 139. The molecule has 0 aliphatic heterocycles. The second-order valence-electron chi connectivity index (χ2n) is 4.18. The van der Waals surface area contributed by atoms with Crippen LogP contribution in [0.25, 0.3) is 0 Å². The fraction of sp³-hybridized carbons (Fsp3) is 0.909. The molecule has 0 aliphatic rings. The smallest absolute Gasteiger partial charge is 0.158 e. The Morgan fingerprint density at radius 3 is 2.31 bits per heavy atom. The maximum Gasteiger partial charge on any atom is 0.158 e. The highest BCUT2D eigenvalue weighted by Crippen LogP contribution is 2.06. The summed E-state index contributed by atoms with van der Waals surface area (Å²) in [7, 11) is 0. The molecule has 0 aromatic heterocycles. The van der Waals surface area contributed by atoms with E-state index in [2.05, 4.69) is 13.8 Å². The second kappa shape index (κ2) is 7.07. The molecule has 2 heteroatoms. The van der Waals surface area contributed by atoms with Crippen LogP contribution in [0.5, 0.6) is 0 Å². The van der Waals surface area contributed by atoms with Gasteiger partial charge in [-0.2, -0.15) is 0 Å². The first-order valence-corrected chi connectivity index (χ1v) is 5.15. The average molecular weight is 186 g/mol. The molecule has 0 fully saturated rings. The Balaban J connectivity index is 3.30. The molecule has 0 spiro atoms. The minimum Gasteiger partial charge on any atom is -0.371 e. The molecule has 0 N–H and O–H groups in total. The molecule has 0 aliphatic carbocycles. The van der Waals surface area contributed by atoms with Crippen molar-refractivity contribution in [3.8, 4) is 0 Å². The lowest BCUT2D eigenvalue weighted by molar-refractivity contribution is -0.125. The third-order valence-corrected chi connectivity index (χ3v) is 1.81. The molecule has 0 aromatic carbocycles. The predicted molar refractivity (Wildman–Crippen MR) is 54.8 cm³/mol. The van der Waals surface area contributed by atoms with Gasteiger partial charge in [0.25, 0.3) is 0 Å². The van der Waals surface area contributed by atoms with E-state index in [1.807, 2.05) is 13.8 Å². The van der Waals surface area contributed by atoms with Gasteiger partial charge in [-0.25, -0.2) is 0 Å². The van der Waals surface area contributed by atoms with Gasteiger partial charge in [-0.15, -0.1) is 0 Å². The first-order chi connectivity index (χ1) is 6.02. The van der Waals surface area contributed by atoms with Gasteiger partial charge in [0.05, 0.1) is 6.10 Å². The summed E-state index contributed by atoms with van der Waals surface area (Å²) in [6.07, 6.45) is 2.96. The topological polar surface area (TPSA) is 26.3 Å². The SMILES string of the molecule is CC(C)CCCC(=O)COC(C)C. The van der Waals surface area contributed by atoms with E-state index in [1.54, 1.807) is 0 Å². The van der Waals surface area contributed by atoms with Crippen molar-refractivity contribution in [2.24, 2.45) is 5.92 Å². The lowest BCUT2D eigenvalue weighted by Gasteiger charge is -2.07. The van der Waals surface area contributed by atoms with Crippen LogP contribution in [0.2, 0.25) is 0 Å². The molecule has 78 valence electrons. The van der Waals surface area contributed by atoms with E-state index >= 15 is 0 Å². The standard InChI is InChI=1S/C11H22O2/c1-9(2)6-5-7-11(12)8-13-10(3)4/h9-10H,5-8H2,1-4H3. The van der Waals surface area contributed by atoms with Crippen LogP contribution in [0.4, 0.5) is 0 Å². The molecule has 0 bridgehead atoms. The molecule has 0 atom stereocenters. The van der Waals surface area contributed by atoms with E-state index in [-0.39, 0.29) is 18.5 Å². The molecular weight excluding hydrogens is 164 g/mol. The van der Waals surface area contributed by atoms with Gasteiger partial charge < -0.3 is 4.74 Å². The molecule has 0 radical (unpaired) electrons. The summed E-state index contributed by atoms with van der Waals surface area (Å²) in [4.78, 5) is 11.2. The fourth-order valence-corrected chi connectivity index (χ4v) is 1.04. The Morgan fingerprint density at radius 1 is 1.23 bits per heavy atom. The summed E-state index contributed by atoms with van der Waals surface area (Å²) in [5.41, 5.74) is 0. The predicted octanol–water partition coefficient (Wildman–Crippen LogP) is 2.81. The normalized spacial score (nSPS) is 11.2. The first-order valence-electron chi connectivity index (χ1n) is 5.15.